The summed E-state index contributed by atoms with van der Waals surface area (Å²) in [5, 5.41) is 0. The van der Waals surface area contributed by atoms with E-state index in [1.807, 2.05) is 13.0 Å². The van der Waals surface area contributed by atoms with Gasteiger partial charge in [-0.3, -0.25) is 0 Å². The second-order valence-electron chi connectivity index (χ2n) is 5.55. The fraction of sp³-hybridized carbons (Fsp3) is 0.600. The second kappa shape index (κ2) is 9.34. The van der Waals surface area contributed by atoms with E-state index in [2.05, 4.69) is 15.9 Å². The van der Waals surface area contributed by atoms with E-state index in [0.29, 0.717) is 35.6 Å². The van der Waals surface area contributed by atoms with Crippen LogP contribution in [0.5, 0.6) is 0 Å². The van der Waals surface area contributed by atoms with Gasteiger partial charge < -0.3 is 10.5 Å². The molecule has 1 heterocycles. The average molecular weight is 428 g/mol. The molecule has 0 saturated carbocycles. The number of benzene rings is 1. The topological polar surface area (TPSA) is 72.6 Å². The Balaban J connectivity index is 0.00000264. The van der Waals surface area contributed by atoms with Crippen molar-refractivity contribution in [3.05, 3.63) is 28.2 Å². The zero-order chi connectivity index (χ0) is 16.2. The van der Waals surface area contributed by atoms with Gasteiger partial charge in [0.1, 0.15) is 0 Å². The highest BCUT2D eigenvalue weighted by atomic mass is 79.9. The van der Waals surface area contributed by atoms with E-state index in [-0.39, 0.29) is 18.5 Å². The fourth-order valence-corrected chi connectivity index (χ4v) is 5.00. The van der Waals surface area contributed by atoms with Crippen molar-refractivity contribution < 1.29 is 13.2 Å². The number of nitrogens with two attached hydrogens (primary N) is 1. The van der Waals surface area contributed by atoms with E-state index < -0.39 is 10.0 Å². The van der Waals surface area contributed by atoms with Crippen molar-refractivity contribution in [2.24, 2.45) is 5.73 Å². The van der Waals surface area contributed by atoms with Crippen molar-refractivity contribution in [1.29, 1.82) is 0 Å². The zero-order valence-corrected chi connectivity index (χ0v) is 16.4. The molecule has 132 valence electrons. The molecule has 2 N–H and O–H groups in total. The Bertz CT molecular complexity index is 605. The molecule has 0 aliphatic carbocycles. The molecule has 1 saturated heterocycles. The molecule has 1 aromatic carbocycles. The van der Waals surface area contributed by atoms with Crippen LogP contribution in [0.1, 0.15) is 24.8 Å². The lowest BCUT2D eigenvalue weighted by atomic mass is 10.1. The SMILES string of the molecule is Cc1ccc(Br)c(S(=O)(=O)N2CCC(OCCCN)CC2)c1.Cl. The number of nitrogens with zero attached hydrogens (tertiary/aromatic N) is 1. The molecular weight excluding hydrogens is 404 g/mol. The minimum absolute atomic E-state index is 0. The van der Waals surface area contributed by atoms with Gasteiger partial charge in [-0.05, 0) is 66.4 Å². The molecule has 0 atom stereocenters. The Hall–Kier alpha value is -0.180. The molecule has 5 nitrogen and oxygen atoms in total. The van der Waals surface area contributed by atoms with Gasteiger partial charge in [-0.1, -0.05) is 6.07 Å². The van der Waals surface area contributed by atoms with Crippen LogP contribution >= 0.6 is 28.3 Å². The minimum Gasteiger partial charge on any atom is -0.378 e. The van der Waals surface area contributed by atoms with Crippen molar-refractivity contribution in [2.45, 2.75) is 37.2 Å². The smallest absolute Gasteiger partial charge is 0.244 e. The average Bonchev–Trinajstić information content (AvgIpc) is 2.50. The summed E-state index contributed by atoms with van der Waals surface area (Å²) in [7, 11) is -3.45. The van der Waals surface area contributed by atoms with Crippen molar-refractivity contribution in [3.8, 4) is 0 Å². The van der Waals surface area contributed by atoms with Crippen molar-refractivity contribution >= 4 is 38.4 Å². The van der Waals surface area contributed by atoms with Crippen LogP contribution in [0.25, 0.3) is 0 Å². The van der Waals surface area contributed by atoms with Crippen LogP contribution in [0.2, 0.25) is 0 Å². The third kappa shape index (κ3) is 5.41. The lowest BCUT2D eigenvalue weighted by Crippen LogP contribution is -2.41. The van der Waals surface area contributed by atoms with Crippen LogP contribution < -0.4 is 5.73 Å². The molecule has 0 amide bonds. The van der Waals surface area contributed by atoms with Crippen LogP contribution in [-0.4, -0.2) is 45.1 Å². The highest BCUT2D eigenvalue weighted by molar-refractivity contribution is 9.10. The zero-order valence-electron chi connectivity index (χ0n) is 13.2. The number of aryl methyl sites for hydroxylation is 1. The van der Waals surface area contributed by atoms with E-state index in [0.717, 1.165) is 24.8 Å². The normalized spacial score (nSPS) is 17.0. The van der Waals surface area contributed by atoms with Gasteiger partial charge in [0.15, 0.2) is 0 Å². The van der Waals surface area contributed by atoms with E-state index in [1.165, 1.54) is 0 Å². The molecule has 0 spiro atoms. The summed E-state index contributed by atoms with van der Waals surface area (Å²) in [6.45, 7) is 4.15. The molecule has 8 heteroatoms. The summed E-state index contributed by atoms with van der Waals surface area (Å²) in [6.07, 6.45) is 2.44. The maximum Gasteiger partial charge on any atom is 0.244 e. The molecular formula is C15H24BrClN2O3S. The van der Waals surface area contributed by atoms with Crippen LogP contribution in [-0.2, 0) is 14.8 Å². The van der Waals surface area contributed by atoms with Crippen LogP contribution in [0.4, 0.5) is 0 Å². The number of ether oxygens (including phenoxy) is 1. The number of piperidine rings is 1. The monoisotopic (exact) mass is 426 g/mol. The summed E-state index contributed by atoms with van der Waals surface area (Å²) in [4.78, 5) is 0.343. The summed E-state index contributed by atoms with van der Waals surface area (Å²) in [5.41, 5.74) is 6.37. The van der Waals surface area contributed by atoms with Crippen molar-refractivity contribution in [2.75, 3.05) is 26.2 Å². The Morgan fingerprint density at radius 2 is 2.00 bits per heavy atom. The Morgan fingerprint density at radius 1 is 1.35 bits per heavy atom. The lowest BCUT2D eigenvalue weighted by Gasteiger charge is -2.31. The first-order chi connectivity index (χ1) is 10.4. The van der Waals surface area contributed by atoms with Gasteiger partial charge >= 0.3 is 0 Å². The van der Waals surface area contributed by atoms with Crippen molar-refractivity contribution in [1.82, 2.24) is 4.31 Å². The van der Waals surface area contributed by atoms with E-state index in [1.54, 1.807) is 16.4 Å². The van der Waals surface area contributed by atoms with Gasteiger partial charge in [0, 0.05) is 24.2 Å². The van der Waals surface area contributed by atoms with Crippen LogP contribution in [0, 0.1) is 6.92 Å². The summed E-state index contributed by atoms with van der Waals surface area (Å²) in [5.74, 6) is 0. The molecule has 1 aliphatic heterocycles. The summed E-state index contributed by atoms with van der Waals surface area (Å²) >= 11 is 3.34. The maximum absolute atomic E-state index is 12.8. The standard InChI is InChI=1S/C15H23BrN2O3S.ClH/c1-12-3-4-14(16)15(11-12)22(19,20)18-8-5-13(6-9-18)21-10-2-7-17;/h3-4,11,13H,2,5-10,17H2,1H3;1H. The van der Waals surface area contributed by atoms with Crippen molar-refractivity contribution in [3.63, 3.8) is 0 Å². The molecule has 2 rings (SSSR count). The third-order valence-electron chi connectivity index (χ3n) is 3.81. The third-order valence-corrected chi connectivity index (χ3v) is 6.70. The molecule has 1 fully saturated rings. The number of hydrogen-bond donors (Lipinski definition) is 1. The van der Waals surface area contributed by atoms with Gasteiger partial charge in [-0.2, -0.15) is 4.31 Å². The molecule has 0 bridgehead atoms. The Labute approximate surface area is 153 Å². The highest BCUT2D eigenvalue weighted by Gasteiger charge is 2.31. The molecule has 1 aliphatic rings. The summed E-state index contributed by atoms with van der Waals surface area (Å²) in [6, 6.07) is 5.38. The lowest BCUT2D eigenvalue weighted by molar-refractivity contribution is 0.0209. The second-order valence-corrected chi connectivity index (χ2v) is 8.31. The highest BCUT2D eigenvalue weighted by Crippen LogP contribution is 2.28. The predicted molar refractivity (Wildman–Crippen MR) is 97.5 cm³/mol. The molecule has 0 aromatic heterocycles. The number of sulfonamides is 1. The Kier molecular flexibility index (Phi) is 8.47. The molecule has 1 aromatic rings. The molecule has 0 radical (unpaired) electrons. The number of hydrogen-bond acceptors (Lipinski definition) is 4. The first kappa shape index (κ1) is 20.9. The van der Waals surface area contributed by atoms with Gasteiger partial charge in [0.2, 0.25) is 10.0 Å². The van der Waals surface area contributed by atoms with Gasteiger partial charge in [0.05, 0.1) is 11.0 Å². The largest absolute Gasteiger partial charge is 0.378 e. The number of rotatable bonds is 6. The first-order valence-corrected chi connectivity index (χ1v) is 9.76. The molecule has 0 unspecified atom stereocenters. The minimum atomic E-state index is -3.45. The van der Waals surface area contributed by atoms with E-state index in [4.69, 9.17) is 10.5 Å². The van der Waals surface area contributed by atoms with Gasteiger partial charge in [0.25, 0.3) is 0 Å². The quantitative estimate of drug-likeness (QED) is 0.708. The van der Waals surface area contributed by atoms with Crippen LogP contribution in [0.15, 0.2) is 27.6 Å². The van der Waals surface area contributed by atoms with Crippen LogP contribution in [0.3, 0.4) is 0 Å². The van der Waals surface area contributed by atoms with E-state index in [9.17, 15) is 8.42 Å². The number of halogens is 2. The Morgan fingerprint density at radius 3 is 2.61 bits per heavy atom. The summed E-state index contributed by atoms with van der Waals surface area (Å²) < 4.78 is 33.4. The maximum atomic E-state index is 12.8. The predicted octanol–water partition coefficient (Wildman–Crippen LogP) is 2.70. The van der Waals surface area contributed by atoms with Gasteiger partial charge in [-0.15, -0.1) is 12.4 Å². The fourth-order valence-electron chi connectivity index (χ4n) is 2.52. The molecule has 23 heavy (non-hydrogen) atoms. The van der Waals surface area contributed by atoms with E-state index >= 15 is 0 Å². The van der Waals surface area contributed by atoms with Gasteiger partial charge in [-0.25, -0.2) is 8.42 Å². The first-order valence-electron chi connectivity index (χ1n) is 7.53.